The summed E-state index contributed by atoms with van der Waals surface area (Å²) in [5.74, 6) is 0.984. The first kappa shape index (κ1) is 11.5. The number of furan rings is 1. The number of hydrogen-bond acceptors (Lipinski definition) is 1. The highest BCUT2D eigenvalue weighted by Crippen LogP contribution is 2.27. The Kier molecular flexibility index (Phi) is 3.49. The molecule has 2 heteroatoms. The van der Waals surface area contributed by atoms with Gasteiger partial charge in [0.15, 0.2) is 0 Å². The van der Waals surface area contributed by atoms with Crippen molar-refractivity contribution in [1.29, 1.82) is 0 Å². The zero-order valence-electron chi connectivity index (χ0n) is 9.53. The maximum absolute atomic E-state index is 5.37. The lowest BCUT2D eigenvalue weighted by molar-refractivity contribution is 0.507. The number of rotatable bonds is 3. The third kappa shape index (κ3) is 2.56. The fourth-order valence-corrected chi connectivity index (χ4v) is 2.34. The molecule has 0 radical (unpaired) electrons. The fourth-order valence-electron chi connectivity index (χ4n) is 1.71. The summed E-state index contributed by atoms with van der Waals surface area (Å²) in [5.41, 5.74) is 4.02. The zero-order valence-corrected chi connectivity index (χ0v) is 11.1. The molecule has 0 aliphatic heterocycles. The van der Waals surface area contributed by atoms with Crippen LogP contribution >= 0.6 is 15.9 Å². The fraction of sp³-hybridized carbons (Fsp3) is 0.286. The molecule has 1 aromatic carbocycles. The second-order valence-corrected chi connectivity index (χ2v) is 5.21. The van der Waals surface area contributed by atoms with Crippen LogP contribution in [0.5, 0.6) is 0 Å². The Balaban J connectivity index is 2.12. The standard InChI is InChI=1S/C14H15BrO/c1-10-5-6-12(8-11(10)2)9-13(15)14-4-3-7-16-14/h3-8,13H,9H2,1-2H3. The Labute approximate surface area is 105 Å². The van der Waals surface area contributed by atoms with Crippen molar-refractivity contribution < 1.29 is 4.42 Å². The quantitative estimate of drug-likeness (QED) is 0.750. The van der Waals surface area contributed by atoms with E-state index in [9.17, 15) is 0 Å². The van der Waals surface area contributed by atoms with E-state index in [0.717, 1.165) is 12.2 Å². The molecular weight excluding hydrogens is 264 g/mol. The van der Waals surface area contributed by atoms with E-state index >= 15 is 0 Å². The van der Waals surface area contributed by atoms with Crippen molar-refractivity contribution in [1.82, 2.24) is 0 Å². The highest BCUT2D eigenvalue weighted by molar-refractivity contribution is 9.09. The molecule has 0 saturated heterocycles. The molecule has 2 aromatic rings. The molecule has 84 valence electrons. The van der Waals surface area contributed by atoms with E-state index < -0.39 is 0 Å². The van der Waals surface area contributed by atoms with Crippen LogP contribution in [0.1, 0.15) is 27.3 Å². The summed E-state index contributed by atoms with van der Waals surface area (Å²) < 4.78 is 5.37. The first-order chi connectivity index (χ1) is 7.66. The molecule has 1 aromatic heterocycles. The minimum Gasteiger partial charge on any atom is -0.468 e. The lowest BCUT2D eigenvalue weighted by atomic mass is 10.0. The van der Waals surface area contributed by atoms with Crippen LogP contribution in [0.4, 0.5) is 0 Å². The maximum atomic E-state index is 5.37. The molecule has 0 amide bonds. The summed E-state index contributed by atoms with van der Waals surface area (Å²) in [6.45, 7) is 4.28. The second-order valence-electron chi connectivity index (χ2n) is 4.11. The number of halogens is 1. The van der Waals surface area contributed by atoms with Gasteiger partial charge in [-0.1, -0.05) is 34.1 Å². The van der Waals surface area contributed by atoms with Crippen LogP contribution in [0.15, 0.2) is 41.0 Å². The van der Waals surface area contributed by atoms with Crippen LogP contribution in [0.3, 0.4) is 0 Å². The van der Waals surface area contributed by atoms with Crippen molar-refractivity contribution >= 4 is 15.9 Å². The van der Waals surface area contributed by atoms with Crippen LogP contribution in [0.25, 0.3) is 0 Å². The lowest BCUT2D eigenvalue weighted by Crippen LogP contribution is -1.95. The van der Waals surface area contributed by atoms with E-state index in [4.69, 9.17) is 4.42 Å². The minimum absolute atomic E-state index is 0.254. The van der Waals surface area contributed by atoms with Gasteiger partial charge in [-0.15, -0.1) is 0 Å². The van der Waals surface area contributed by atoms with Gasteiger partial charge in [0.2, 0.25) is 0 Å². The summed E-state index contributed by atoms with van der Waals surface area (Å²) in [7, 11) is 0. The first-order valence-corrected chi connectivity index (χ1v) is 6.32. The minimum atomic E-state index is 0.254. The average molecular weight is 279 g/mol. The Morgan fingerprint density at radius 3 is 2.62 bits per heavy atom. The second kappa shape index (κ2) is 4.88. The average Bonchev–Trinajstić information content (AvgIpc) is 2.77. The maximum Gasteiger partial charge on any atom is 0.117 e. The third-order valence-electron chi connectivity index (χ3n) is 2.84. The van der Waals surface area contributed by atoms with Crippen LogP contribution < -0.4 is 0 Å². The predicted molar refractivity (Wildman–Crippen MR) is 70.0 cm³/mol. The molecule has 1 atom stereocenters. The highest BCUT2D eigenvalue weighted by atomic mass is 79.9. The van der Waals surface area contributed by atoms with Gasteiger partial charge in [-0.2, -0.15) is 0 Å². The van der Waals surface area contributed by atoms with Gasteiger partial charge in [-0.05, 0) is 49.1 Å². The van der Waals surface area contributed by atoms with E-state index in [1.54, 1.807) is 6.26 Å². The number of alkyl halides is 1. The number of benzene rings is 1. The van der Waals surface area contributed by atoms with Crippen LogP contribution in [-0.2, 0) is 6.42 Å². The van der Waals surface area contributed by atoms with Crippen molar-refractivity contribution in [3.63, 3.8) is 0 Å². The molecule has 0 aliphatic rings. The predicted octanol–water partition coefficient (Wildman–Crippen LogP) is 4.58. The molecule has 16 heavy (non-hydrogen) atoms. The van der Waals surface area contributed by atoms with Crippen molar-refractivity contribution in [2.45, 2.75) is 25.1 Å². The molecule has 0 bridgehead atoms. The Bertz CT molecular complexity index is 460. The van der Waals surface area contributed by atoms with Gasteiger partial charge in [0.1, 0.15) is 5.76 Å². The summed E-state index contributed by atoms with van der Waals surface area (Å²) in [4.78, 5) is 0.254. The molecular formula is C14H15BrO. The summed E-state index contributed by atoms with van der Waals surface area (Å²) in [5, 5.41) is 0. The van der Waals surface area contributed by atoms with Gasteiger partial charge in [-0.3, -0.25) is 0 Å². The van der Waals surface area contributed by atoms with Crippen molar-refractivity contribution in [3.05, 3.63) is 59.0 Å². The summed E-state index contributed by atoms with van der Waals surface area (Å²) in [6, 6.07) is 10.5. The van der Waals surface area contributed by atoms with E-state index in [0.29, 0.717) is 0 Å². The largest absolute Gasteiger partial charge is 0.468 e. The highest BCUT2D eigenvalue weighted by Gasteiger charge is 2.11. The number of hydrogen-bond donors (Lipinski definition) is 0. The molecule has 1 heterocycles. The van der Waals surface area contributed by atoms with Crippen molar-refractivity contribution in [2.24, 2.45) is 0 Å². The van der Waals surface area contributed by atoms with Crippen molar-refractivity contribution in [3.8, 4) is 0 Å². The summed E-state index contributed by atoms with van der Waals surface area (Å²) >= 11 is 3.65. The monoisotopic (exact) mass is 278 g/mol. The van der Waals surface area contributed by atoms with Gasteiger partial charge in [-0.25, -0.2) is 0 Å². The summed E-state index contributed by atoms with van der Waals surface area (Å²) in [6.07, 6.45) is 2.67. The van der Waals surface area contributed by atoms with E-state index in [-0.39, 0.29) is 4.83 Å². The smallest absolute Gasteiger partial charge is 0.117 e. The topological polar surface area (TPSA) is 13.1 Å². The van der Waals surface area contributed by atoms with Gasteiger partial charge in [0.05, 0.1) is 11.1 Å². The van der Waals surface area contributed by atoms with Gasteiger partial charge >= 0.3 is 0 Å². The van der Waals surface area contributed by atoms with E-state index in [1.807, 2.05) is 12.1 Å². The molecule has 0 N–H and O–H groups in total. The molecule has 0 spiro atoms. The van der Waals surface area contributed by atoms with Crippen LogP contribution in [0.2, 0.25) is 0 Å². The normalized spacial score (nSPS) is 12.7. The molecule has 1 unspecified atom stereocenters. The Morgan fingerprint density at radius 2 is 2.00 bits per heavy atom. The first-order valence-electron chi connectivity index (χ1n) is 5.40. The van der Waals surface area contributed by atoms with Gasteiger partial charge < -0.3 is 4.42 Å². The zero-order chi connectivity index (χ0) is 11.5. The molecule has 0 aliphatic carbocycles. The van der Waals surface area contributed by atoms with Crippen molar-refractivity contribution in [2.75, 3.05) is 0 Å². The number of aryl methyl sites for hydroxylation is 2. The Hall–Kier alpha value is -1.02. The Morgan fingerprint density at radius 1 is 1.19 bits per heavy atom. The van der Waals surface area contributed by atoms with E-state index in [1.165, 1.54) is 16.7 Å². The van der Waals surface area contributed by atoms with E-state index in [2.05, 4.69) is 48.0 Å². The molecule has 1 nitrogen and oxygen atoms in total. The molecule has 2 rings (SSSR count). The van der Waals surface area contributed by atoms with Crippen LogP contribution in [0, 0.1) is 13.8 Å². The molecule has 0 fully saturated rings. The van der Waals surface area contributed by atoms with Gasteiger partial charge in [0, 0.05) is 0 Å². The van der Waals surface area contributed by atoms with Crippen LogP contribution in [-0.4, -0.2) is 0 Å². The van der Waals surface area contributed by atoms with Gasteiger partial charge in [0.25, 0.3) is 0 Å². The molecule has 0 saturated carbocycles. The lowest BCUT2D eigenvalue weighted by Gasteiger charge is -2.09. The SMILES string of the molecule is Cc1ccc(CC(Br)c2ccco2)cc1C. The third-order valence-corrected chi connectivity index (χ3v) is 3.61.